The molecular formula is C13H19FN4O. The van der Waals surface area contributed by atoms with E-state index in [1.807, 2.05) is 7.05 Å². The van der Waals surface area contributed by atoms with E-state index in [1.54, 1.807) is 11.9 Å². The zero-order valence-electron chi connectivity index (χ0n) is 11.5. The van der Waals surface area contributed by atoms with Crippen molar-refractivity contribution in [2.24, 2.45) is 0 Å². The minimum Gasteiger partial charge on any atom is -0.371 e. The smallest absolute Gasteiger partial charge is 0.257 e. The summed E-state index contributed by atoms with van der Waals surface area (Å²) in [6.07, 6.45) is 1.45. The summed E-state index contributed by atoms with van der Waals surface area (Å²) in [5.41, 5.74) is 0.0797. The van der Waals surface area contributed by atoms with Crippen LogP contribution in [0.15, 0.2) is 12.3 Å². The van der Waals surface area contributed by atoms with E-state index in [-0.39, 0.29) is 23.3 Å². The van der Waals surface area contributed by atoms with Crippen LogP contribution < -0.4 is 5.32 Å². The van der Waals surface area contributed by atoms with Gasteiger partial charge >= 0.3 is 0 Å². The highest BCUT2D eigenvalue weighted by Gasteiger charge is 2.27. The molecule has 0 aliphatic carbocycles. The fourth-order valence-electron chi connectivity index (χ4n) is 2.19. The molecule has 1 amide bonds. The number of carbonyl (C=O) groups excluding carboxylic acids is 1. The zero-order chi connectivity index (χ0) is 14.0. The Hall–Kier alpha value is -1.69. The average Bonchev–Trinajstić information content (AvgIpc) is 2.41. The van der Waals surface area contributed by atoms with Gasteiger partial charge in [0.25, 0.3) is 5.91 Å². The van der Waals surface area contributed by atoms with E-state index >= 15 is 0 Å². The molecule has 2 heterocycles. The van der Waals surface area contributed by atoms with Crippen LogP contribution in [0.2, 0.25) is 0 Å². The second-order valence-electron chi connectivity index (χ2n) is 4.85. The number of nitrogens with zero attached hydrogens (tertiary/aromatic N) is 3. The minimum atomic E-state index is -0.582. The van der Waals surface area contributed by atoms with E-state index in [0.717, 1.165) is 6.54 Å². The summed E-state index contributed by atoms with van der Waals surface area (Å²) in [6, 6.07) is 1.72. The van der Waals surface area contributed by atoms with Gasteiger partial charge in [-0.1, -0.05) is 0 Å². The van der Waals surface area contributed by atoms with E-state index in [4.69, 9.17) is 0 Å². The average molecular weight is 266 g/mol. The van der Waals surface area contributed by atoms with Gasteiger partial charge in [-0.3, -0.25) is 4.79 Å². The lowest BCUT2D eigenvalue weighted by molar-refractivity contribution is 0.0568. The van der Waals surface area contributed by atoms with Gasteiger partial charge in [0.1, 0.15) is 0 Å². The normalized spacial score (nSPS) is 20.4. The van der Waals surface area contributed by atoms with Crippen molar-refractivity contribution < 1.29 is 9.18 Å². The molecule has 1 aromatic rings. The lowest BCUT2D eigenvalue weighted by Gasteiger charge is -2.37. The Morgan fingerprint density at radius 2 is 2.26 bits per heavy atom. The third-order valence-corrected chi connectivity index (χ3v) is 3.60. The van der Waals surface area contributed by atoms with Crippen molar-refractivity contribution in [2.75, 3.05) is 39.0 Å². The molecule has 0 saturated carbocycles. The first-order valence-electron chi connectivity index (χ1n) is 6.36. The van der Waals surface area contributed by atoms with Gasteiger partial charge in [-0.05, 0) is 20.0 Å². The Morgan fingerprint density at radius 1 is 1.53 bits per heavy atom. The quantitative estimate of drug-likeness (QED) is 0.869. The lowest BCUT2D eigenvalue weighted by atomic mass is 10.1. The number of pyridine rings is 1. The van der Waals surface area contributed by atoms with Crippen LogP contribution in [0.3, 0.4) is 0 Å². The Morgan fingerprint density at radius 3 is 2.89 bits per heavy atom. The molecule has 1 aliphatic heterocycles. The molecule has 1 fully saturated rings. The van der Waals surface area contributed by atoms with Crippen LogP contribution in [0.5, 0.6) is 0 Å². The maximum atomic E-state index is 14.1. The summed E-state index contributed by atoms with van der Waals surface area (Å²) in [6.45, 7) is 4.10. The number of nitrogens with one attached hydrogen (secondary N) is 1. The maximum absolute atomic E-state index is 14.1. The van der Waals surface area contributed by atoms with Crippen molar-refractivity contribution in [3.8, 4) is 0 Å². The van der Waals surface area contributed by atoms with E-state index in [1.165, 1.54) is 12.3 Å². The number of hydrogen-bond acceptors (Lipinski definition) is 4. The van der Waals surface area contributed by atoms with Crippen LogP contribution >= 0.6 is 0 Å². The fourth-order valence-corrected chi connectivity index (χ4v) is 2.19. The molecule has 5 nitrogen and oxygen atoms in total. The summed E-state index contributed by atoms with van der Waals surface area (Å²) in [4.78, 5) is 20.1. The number of anilines is 1. The van der Waals surface area contributed by atoms with Gasteiger partial charge in [-0.15, -0.1) is 0 Å². The highest BCUT2D eigenvalue weighted by Crippen LogP contribution is 2.18. The summed E-state index contributed by atoms with van der Waals surface area (Å²) in [5, 5.41) is 2.64. The molecule has 19 heavy (non-hydrogen) atoms. The summed E-state index contributed by atoms with van der Waals surface area (Å²) >= 11 is 0. The molecule has 1 saturated heterocycles. The highest BCUT2D eigenvalue weighted by molar-refractivity contribution is 5.95. The van der Waals surface area contributed by atoms with Crippen molar-refractivity contribution in [3.05, 3.63) is 23.6 Å². The topological polar surface area (TPSA) is 48.5 Å². The van der Waals surface area contributed by atoms with Crippen molar-refractivity contribution >= 4 is 11.7 Å². The number of carbonyl (C=O) groups is 1. The Bertz CT molecular complexity index is 480. The van der Waals surface area contributed by atoms with Gasteiger partial charge in [0.2, 0.25) is 0 Å². The van der Waals surface area contributed by atoms with Gasteiger partial charge in [0, 0.05) is 38.9 Å². The first-order valence-corrected chi connectivity index (χ1v) is 6.36. The van der Waals surface area contributed by atoms with Gasteiger partial charge in [0.15, 0.2) is 11.6 Å². The number of aromatic nitrogens is 1. The zero-order valence-corrected chi connectivity index (χ0v) is 11.5. The number of hydrogen-bond donors (Lipinski definition) is 1. The van der Waals surface area contributed by atoms with Gasteiger partial charge in [-0.2, -0.15) is 0 Å². The number of halogens is 1. The van der Waals surface area contributed by atoms with Crippen molar-refractivity contribution in [2.45, 2.75) is 13.0 Å². The Kier molecular flexibility index (Phi) is 3.99. The van der Waals surface area contributed by atoms with Crippen LogP contribution in [0, 0.1) is 5.82 Å². The monoisotopic (exact) mass is 266 g/mol. The van der Waals surface area contributed by atoms with Crippen LogP contribution in [0.25, 0.3) is 0 Å². The fraction of sp³-hybridized carbons (Fsp3) is 0.538. The molecular weight excluding hydrogens is 247 g/mol. The van der Waals surface area contributed by atoms with Gasteiger partial charge < -0.3 is 15.1 Å². The largest absolute Gasteiger partial charge is 0.371 e. The first-order chi connectivity index (χ1) is 9.04. The van der Waals surface area contributed by atoms with E-state index in [2.05, 4.69) is 22.1 Å². The predicted octanol–water partition coefficient (Wildman–Crippen LogP) is 1.04. The molecule has 0 radical (unpaired) electrons. The van der Waals surface area contributed by atoms with Crippen LogP contribution in [-0.2, 0) is 0 Å². The summed E-state index contributed by atoms with van der Waals surface area (Å²) < 4.78 is 14.1. The van der Waals surface area contributed by atoms with Crippen molar-refractivity contribution in [1.82, 2.24) is 14.8 Å². The van der Waals surface area contributed by atoms with Crippen molar-refractivity contribution in [1.29, 1.82) is 0 Å². The predicted molar refractivity (Wildman–Crippen MR) is 71.7 cm³/mol. The molecule has 0 bridgehead atoms. The molecule has 1 unspecified atom stereocenters. The first kappa shape index (κ1) is 13.7. The second-order valence-corrected chi connectivity index (χ2v) is 4.85. The number of likely N-dealkylation sites (N-methyl/N-ethyl adjacent to an activating group) is 1. The Labute approximate surface area is 112 Å². The molecule has 2 rings (SSSR count). The molecule has 1 atom stereocenters. The van der Waals surface area contributed by atoms with Crippen molar-refractivity contribution in [3.63, 3.8) is 0 Å². The summed E-state index contributed by atoms with van der Waals surface area (Å²) in [5.74, 6) is -0.744. The van der Waals surface area contributed by atoms with E-state index in [0.29, 0.717) is 13.1 Å². The Balaban J connectivity index is 2.20. The number of rotatable bonds is 2. The summed E-state index contributed by atoms with van der Waals surface area (Å²) in [7, 11) is 3.61. The SMILES string of the molecule is CNc1nccc(C(=O)N2CCN(C)C(C)C2)c1F. The molecule has 0 aromatic carbocycles. The molecule has 1 N–H and O–H groups in total. The van der Waals surface area contributed by atoms with E-state index < -0.39 is 5.82 Å². The van der Waals surface area contributed by atoms with Crippen LogP contribution in [0.4, 0.5) is 10.2 Å². The molecule has 1 aliphatic rings. The third kappa shape index (κ3) is 2.68. The van der Waals surface area contributed by atoms with Crippen LogP contribution in [0.1, 0.15) is 17.3 Å². The minimum absolute atomic E-state index is 0.0797. The molecule has 104 valence electrons. The number of amides is 1. The molecule has 1 aromatic heterocycles. The van der Waals surface area contributed by atoms with Gasteiger partial charge in [-0.25, -0.2) is 9.37 Å². The maximum Gasteiger partial charge on any atom is 0.257 e. The van der Waals surface area contributed by atoms with Crippen LogP contribution in [-0.4, -0.2) is 60.5 Å². The van der Waals surface area contributed by atoms with E-state index in [9.17, 15) is 9.18 Å². The van der Waals surface area contributed by atoms with Gasteiger partial charge in [0.05, 0.1) is 5.56 Å². The highest BCUT2D eigenvalue weighted by atomic mass is 19.1. The standard InChI is InChI=1S/C13H19FN4O/c1-9-8-18(7-6-17(9)3)13(19)10-4-5-16-12(15-2)11(10)14/h4-5,9H,6-8H2,1-3H3,(H,15,16). The molecule has 6 heteroatoms. The number of piperazine rings is 1. The second kappa shape index (κ2) is 5.52. The molecule has 0 spiro atoms. The third-order valence-electron chi connectivity index (χ3n) is 3.60. The lowest BCUT2D eigenvalue weighted by Crippen LogP contribution is -2.52.